The van der Waals surface area contributed by atoms with Crippen molar-refractivity contribution >= 4 is 11.3 Å². The molecule has 30 heavy (non-hydrogen) atoms. The molecule has 3 rings (SSSR count). The van der Waals surface area contributed by atoms with E-state index in [2.05, 4.69) is 59.1 Å². The Hall–Kier alpha value is -2.53. The second kappa shape index (κ2) is 8.31. The Morgan fingerprint density at radius 3 is 1.93 bits per heavy atom. The highest BCUT2D eigenvalue weighted by Gasteiger charge is 2.27. The molecule has 0 aliphatic heterocycles. The van der Waals surface area contributed by atoms with Crippen LogP contribution in [0.2, 0.25) is 0 Å². The van der Waals surface area contributed by atoms with Gasteiger partial charge in [-0.05, 0) is 47.2 Å². The summed E-state index contributed by atoms with van der Waals surface area (Å²) in [6, 6.07) is 11.7. The third kappa shape index (κ3) is 4.96. The van der Waals surface area contributed by atoms with Crippen molar-refractivity contribution in [2.24, 2.45) is 0 Å². The fraction of sp³-hybridized carbons (Fsp3) is 0.400. The number of aromatic nitrogens is 1. The lowest BCUT2D eigenvalue weighted by Crippen LogP contribution is -2.17. The first-order chi connectivity index (χ1) is 14.0. The monoisotopic (exact) mass is 425 g/mol. The number of hydrogen-bond donors (Lipinski definition) is 1. The van der Waals surface area contributed by atoms with Crippen LogP contribution in [-0.4, -0.2) is 17.2 Å². The number of phenols is 1. The normalized spacial score (nSPS) is 12.1. The second-order valence-corrected chi connectivity index (χ2v) is 10.5. The predicted molar refractivity (Wildman–Crippen MR) is 124 cm³/mol. The summed E-state index contributed by atoms with van der Waals surface area (Å²) in [7, 11) is 1.65. The third-order valence-corrected chi connectivity index (χ3v) is 5.82. The van der Waals surface area contributed by atoms with Crippen LogP contribution in [0.5, 0.6) is 17.2 Å². The molecule has 1 N–H and O–H groups in total. The first-order valence-corrected chi connectivity index (χ1v) is 11.0. The van der Waals surface area contributed by atoms with E-state index in [1.165, 1.54) is 0 Å². The van der Waals surface area contributed by atoms with Crippen LogP contribution in [0.25, 0.3) is 11.3 Å². The molecule has 0 unspecified atom stereocenters. The van der Waals surface area contributed by atoms with Gasteiger partial charge in [-0.2, -0.15) is 0 Å². The molecule has 1 aromatic heterocycles. The zero-order valence-corrected chi connectivity index (χ0v) is 19.7. The number of thiazole rings is 1. The van der Waals surface area contributed by atoms with Crippen molar-refractivity contribution in [1.82, 2.24) is 4.98 Å². The van der Waals surface area contributed by atoms with E-state index < -0.39 is 0 Å². The molecule has 0 atom stereocenters. The highest BCUT2D eigenvalue weighted by Crippen LogP contribution is 2.42. The van der Waals surface area contributed by atoms with E-state index in [-0.39, 0.29) is 10.8 Å². The maximum Gasteiger partial charge on any atom is 0.140 e. The summed E-state index contributed by atoms with van der Waals surface area (Å²) >= 11 is 1.58. The predicted octanol–water partition coefficient (Wildman–Crippen LogP) is 6.70. The SMILES string of the molecule is COc1ccc(OCc2nc(-c3cc(C(C)(C)C)c(O)c(C(C)(C)C)c3)cs2)cc1. The quantitative estimate of drug-likeness (QED) is 0.494. The summed E-state index contributed by atoms with van der Waals surface area (Å²) in [5, 5.41) is 13.9. The van der Waals surface area contributed by atoms with Crippen LogP contribution >= 0.6 is 11.3 Å². The lowest BCUT2D eigenvalue weighted by molar-refractivity contribution is 0.305. The molecule has 0 saturated carbocycles. The highest BCUT2D eigenvalue weighted by atomic mass is 32.1. The molecule has 5 heteroatoms. The number of ether oxygens (including phenoxy) is 2. The van der Waals surface area contributed by atoms with Gasteiger partial charge in [-0.1, -0.05) is 41.5 Å². The van der Waals surface area contributed by atoms with E-state index >= 15 is 0 Å². The molecule has 0 fully saturated rings. The Bertz CT molecular complexity index is 973. The van der Waals surface area contributed by atoms with Crippen LogP contribution in [0.3, 0.4) is 0 Å². The van der Waals surface area contributed by atoms with Crippen molar-refractivity contribution in [2.45, 2.75) is 59.0 Å². The van der Waals surface area contributed by atoms with E-state index in [1.54, 1.807) is 18.4 Å². The summed E-state index contributed by atoms with van der Waals surface area (Å²) in [5.41, 5.74) is 3.47. The van der Waals surface area contributed by atoms with Gasteiger partial charge in [0.25, 0.3) is 0 Å². The molecule has 160 valence electrons. The van der Waals surface area contributed by atoms with Crippen LogP contribution in [0.1, 0.15) is 57.7 Å². The van der Waals surface area contributed by atoms with Gasteiger partial charge in [-0.15, -0.1) is 11.3 Å². The number of nitrogens with zero attached hydrogens (tertiary/aromatic N) is 1. The molecular formula is C25H31NO3S. The van der Waals surface area contributed by atoms with E-state index in [9.17, 15) is 5.11 Å². The van der Waals surface area contributed by atoms with E-state index in [4.69, 9.17) is 14.5 Å². The lowest BCUT2D eigenvalue weighted by atomic mass is 9.78. The maximum atomic E-state index is 10.9. The zero-order valence-electron chi connectivity index (χ0n) is 18.9. The van der Waals surface area contributed by atoms with E-state index in [0.717, 1.165) is 38.9 Å². The van der Waals surface area contributed by atoms with Gasteiger partial charge in [-0.25, -0.2) is 4.98 Å². The van der Waals surface area contributed by atoms with Gasteiger partial charge in [0.1, 0.15) is 28.9 Å². The van der Waals surface area contributed by atoms with Gasteiger partial charge in [-0.3, -0.25) is 0 Å². The summed E-state index contributed by atoms with van der Waals surface area (Å²) in [4.78, 5) is 4.79. The van der Waals surface area contributed by atoms with Gasteiger partial charge in [0.05, 0.1) is 12.8 Å². The smallest absolute Gasteiger partial charge is 0.140 e. The molecule has 2 aromatic carbocycles. The molecule has 0 spiro atoms. The van der Waals surface area contributed by atoms with Crippen molar-refractivity contribution in [2.75, 3.05) is 7.11 Å². The summed E-state index contributed by atoms with van der Waals surface area (Å²) in [5.74, 6) is 1.97. The van der Waals surface area contributed by atoms with Gasteiger partial charge in [0.2, 0.25) is 0 Å². The van der Waals surface area contributed by atoms with Crippen molar-refractivity contribution in [1.29, 1.82) is 0 Å². The molecule has 0 saturated heterocycles. The highest BCUT2D eigenvalue weighted by molar-refractivity contribution is 7.09. The third-order valence-electron chi connectivity index (χ3n) is 5.00. The standard InChI is InChI=1S/C25H31NO3S/c1-24(2,3)19-12-16(13-20(23(19)27)25(4,5)6)21-15-30-22(26-21)14-29-18-10-8-17(28-7)9-11-18/h8-13,15,27H,14H2,1-7H3. The Kier molecular flexibility index (Phi) is 6.14. The minimum atomic E-state index is -0.170. The number of aromatic hydroxyl groups is 1. The topological polar surface area (TPSA) is 51.6 Å². The van der Waals surface area contributed by atoms with Crippen molar-refractivity contribution < 1.29 is 14.6 Å². The fourth-order valence-corrected chi connectivity index (χ4v) is 3.97. The molecule has 4 nitrogen and oxygen atoms in total. The fourth-order valence-electron chi connectivity index (χ4n) is 3.25. The van der Waals surface area contributed by atoms with Gasteiger partial charge in [0, 0.05) is 22.1 Å². The van der Waals surface area contributed by atoms with Gasteiger partial charge in [0.15, 0.2) is 0 Å². The average Bonchev–Trinajstić information content (AvgIpc) is 3.14. The number of rotatable bonds is 5. The van der Waals surface area contributed by atoms with Crippen LogP contribution in [0, 0.1) is 0 Å². The molecule has 0 amide bonds. The van der Waals surface area contributed by atoms with Crippen molar-refractivity contribution in [3.05, 3.63) is 57.9 Å². The largest absolute Gasteiger partial charge is 0.507 e. The average molecular weight is 426 g/mol. The zero-order chi connectivity index (χ0) is 22.1. The summed E-state index contributed by atoms with van der Waals surface area (Å²) in [6.07, 6.45) is 0. The van der Waals surface area contributed by atoms with Crippen molar-refractivity contribution in [3.8, 4) is 28.5 Å². The molecule has 0 bridgehead atoms. The number of methoxy groups -OCH3 is 1. The van der Waals surface area contributed by atoms with Crippen LogP contribution in [-0.2, 0) is 17.4 Å². The van der Waals surface area contributed by atoms with E-state index in [0.29, 0.717) is 12.4 Å². The first-order valence-electron chi connectivity index (χ1n) is 10.1. The Morgan fingerprint density at radius 1 is 0.900 bits per heavy atom. The molecule has 0 aliphatic rings. The van der Waals surface area contributed by atoms with Gasteiger partial charge >= 0.3 is 0 Å². The van der Waals surface area contributed by atoms with Gasteiger partial charge < -0.3 is 14.6 Å². The summed E-state index contributed by atoms with van der Waals surface area (Å²) in [6.45, 7) is 13.1. The van der Waals surface area contributed by atoms with Crippen molar-refractivity contribution in [3.63, 3.8) is 0 Å². The molecule has 1 heterocycles. The minimum absolute atomic E-state index is 0.170. The van der Waals surface area contributed by atoms with Crippen LogP contribution in [0.15, 0.2) is 41.8 Å². The lowest BCUT2D eigenvalue weighted by Gasteiger charge is -2.28. The molecule has 0 radical (unpaired) electrons. The van der Waals surface area contributed by atoms with Crippen LogP contribution in [0.4, 0.5) is 0 Å². The number of benzene rings is 2. The van der Waals surface area contributed by atoms with E-state index in [1.807, 2.05) is 24.3 Å². The van der Waals surface area contributed by atoms with Crippen LogP contribution < -0.4 is 9.47 Å². The number of hydrogen-bond acceptors (Lipinski definition) is 5. The Balaban J connectivity index is 1.88. The minimum Gasteiger partial charge on any atom is -0.507 e. The Labute approximate surface area is 183 Å². The molecule has 0 aliphatic carbocycles. The summed E-state index contributed by atoms with van der Waals surface area (Å²) < 4.78 is 11.0. The second-order valence-electron chi connectivity index (χ2n) is 9.51. The maximum absolute atomic E-state index is 10.9. The number of phenolic OH excluding ortho intramolecular Hbond substituents is 1. The first kappa shape index (κ1) is 22.2. The molecule has 3 aromatic rings. The Morgan fingerprint density at radius 2 is 1.43 bits per heavy atom. The molecular weight excluding hydrogens is 394 g/mol.